The molecular formula is C33H33FN8O. The molecule has 0 saturated heterocycles. The van der Waals surface area contributed by atoms with Gasteiger partial charge in [-0.1, -0.05) is 19.9 Å². The quantitative estimate of drug-likeness (QED) is 0.155. The highest BCUT2D eigenvalue weighted by atomic mass is 19.1. The number of likely N-dealkylation sites (N-methyl/N-ethyl adjacent to an activating group) is 1. The van der Waals surface area contributed by atoms with Crippen LogP contribution in [0.25, 0.3) is 55.6 Å². The van der Waals surface area contributed by atoms with E-state index >= 15 is 0 Å². The van der Waals surface area contributed by atoms with Crippen molar-refractivity contribution in [1.29, 1.82) is 0 Å². The van der Waals surface area contributed by atoms with E-state index in [2.05, 4.69) is 46.7 Å². The number of fused-ring (bicyclic) bond motifs is 2. The van der Waals surface area contributed by atoms with Crippen LogP contribution in [-0.4, -0.2) is 63.1 Å². The summed E-state index contributed by atoms with van der Waals surface area (Å²) in [5, 5.41) is 15.8. The number of nitrogens with one attached hydrogen (secondary N) is 4. The summed E-state index contributed by atoms with van der Waals surface area (Å²) >= 11 is 0. The van der Waals surface area contributed by atoms with Crippen molar-refractivity contribution in [2.75, 3.05) is 37.8 Å². The zero-order valence-corrected chi connectivity index (χ0v) is 24.5. The molecule has 0 aliphatic heterocycles. The number of hydrogen-bond donors (Lipinski definition) is 4. The first kappa shape index (κ1) is 28.0. The van der Waals surface area contributed by atoms with Gasteiger partial charge in [0.1, 0.15) is 17.2 Å². The third kappa shape index (κ3) is 5.96. The molecule has 10 heteroatoms. The van der Waals surface area contributed by atoms with Crippen LogP contribution in [0.15, 0.2) is 73.2 Å². The molecule has 0 bridgehead atoms. The summed E-state index contributed by atoms with van der Waals surface area (Å²) in [6, 6.07) is 16.9. The van der Waals surface area contributed by atoms with E-state index in [0.29, 0.717) is 17.9 Å². The lowest BCUT2D eigenvalue weighted by molar-refractivity contribution is -0.118. The van der Waals surface area contributed by atoms with Crippen LogP contribution >= 0.6 is 0 Å². The van der Waals surface area contributed by atoms with E-state index in [1.54, 1.807) is 24.7 Å². The van der Waals surface area contributed by atoms with Gasteiger partial charge in [-0.3, -0.25) is 14.9 Å². The lowest BCUT2D eigenvalue weighted by Gasteiger charge is -2.13. The number of nitrogens with zero attached hydrogens (tertiary/aromatic N) is 4. The van der Waals surface area contributed by atoms with E-state index in [1.165, 1.54) is 6.07 Å². The molecule has 0 unspecified atom stereocenters. The van der Waals surface area contributed by atoms with Crippen LogP contribution < -0.4 is 10.6 Å². The molecule has 6 aromatic rings. The number of H-pyrrole nitrogens is 2. The molecule has 4 N–H and O–H groups in total. The highest BCUT2D eigenvalue weighted by molar-refractivity contribution is 6.01. The average Bonchev–Trinajstić information content (AvgIpc) is 3.60. The SMILES string of the molecule is CC(C)C(=O)Nc1cncc(-c2ccc3[nH]nc(-c4cc5c(-c6cc(F)cc(NCCN(C)C)c6)ccnc5[nH]4)c3c2)c1. The van der Waals surface area contributed by atoms with Gasteiger partial charge in [0.25, 0.3) is 0 Å². The minimum Gasteiger partial charge on any atom is -0.384 e. The van der Waals surface area contributed by atoms with Gasteiger partial charge in [-0.05, 0) is 79.3 Å². The zero-order chi connectivity index (χ0) is 30.1. The lowest BCUT2D eigenvalue weighted by atomic mass is 10.0. The molecule has 218 valence electrons. The Morgan fingerprint density at radius 2 is 1.79 bits per heavy atom. The summed E-state index contributed by atoms with van der Waals surface area (Å²) < 4.78 is 14.7. The number of anilines is 2. The number of rotatable bonds is 9. The van der Waals surface area contributed by atoms with Gasteiger partial charge < -0.3 is 20.5 Å². The standard InChI is InChI=1S/C33H33FN8O/c1-19(2)33(43)38-25-13-22(17-35-18-25)20-5-6-29-28(14-20)31(41-40-29)30-16-27-26(7-8-37-32(27)39-30)21-11-23(34)15-24(12-21)36-9-10-42(3)4/h5-8,11-19,36H,9-10H2,1-4H3,(H,37,39)(H,38,43)(H,40,41). The van der Waals surface area contributed by atoms with E-state index < -0.39 is 0 Å². The van der Waals surface area contributed by atoms with Gasteiger partial charge in [-0.15, -0.1) is 0 Å². The van der Waals surface area contributed by atoms with Crippen LogP contribution in [0.3, 0.4) is 0 Å². The van der Waals surface area contributed by atoms with Gasteiger partial charge in [0.05, 0.1) is 23.1 Å². The molecule has 1 amide bonds. The Balaban J connectivity index is 1.36. The van der Waals surface area contributed by atoms with E-state index in [0.717, 1.165) is 62.2 Å². The zero-order valence-electron chi connectivity index (χ0n) is 24.5. The maximum atomic E-state index is 14.7. The van der Waals surface area contributed by atoms with E-state index in [4.69, 9.17) is 0 Å². The number of aromatic amines is 2. The Bertz CT molecular complexity index is 1940. The third-order valence-electron chi connectivity index (χ3n) is 7.31. The second kappa shape index (κ2) is 11.7. The Morgan fingerprint density at radius 3 is 2.60 bits per heavy atom. The number of hydrogen-bond acceptors (Lipinski definition) is 6. The molecule has 0 spiro atoms. The first-order valence-electron chi connectivity index (χ1n) is 14.2. The Morgan fingerprint density at radius 1 is 0.953 bits per heavy atom. The molecule has 0 radical (unpaired) electrons. The summed E-state index contributed by atoms with van der Waals surface area (Å²) in [4.78, 5) is 26.6. The maximum Gasteiger partial charge on any atom is 0.226 e. The predicted octanol–water partition coefficient (Wildman–Crippen LogP) is 6.54. The van der Waals surface area contributed by atoms with Crippen molar-refractivity contribution in [2.45, 2.75) is 13.8 Å². The molecule has 0 atom stereocenters. The van der Waals surface area contributed by atoms with E-state index in [1.807, 2.05) is 64.3 Å². The van der Waals surface area contributed by atoms with Crippen molar-refractivity contribution in [3.63, 3.8) is 0 Å². The van der Waals surface area contributed by atoms with Gasteiger partial charge in [0.2, 0.25) is 5.91 Å². The molecule has 4 aromatic heterocycles. The fraction of sp³-hybridized carbons (Fsp3) is 0.212. The first-order valence-corrected chi connectivity index (χ1v) is 14.2. The summed E-state index contributed by atoms with van der Waals surface area (Å²) in [5.74, 6) is -0.500. The van der Waals surface area contributed by atoms with Gasteiger partial charge in [-0.25, -0.2) is 9.37 Å². The van der Waals surface area contributed by atoms with Crippen LogP contribution in [0, 0.1) is 11.7 Å². The van der Waals surface area contributed by atoms with Gasteiger partial charge in [0, 0.05) is 53.4 Å². The fourth-order valence-corrected chi connectivity index (χ4v) is 5.03. The molecule has 2 aromatic carbocycles. The third-order valence-corrected chi connectivity index (χ3v) is 7.31. The maximum absolute atomic E-state index is 14.7. The first-order chi connectivity index (χ1) is 20.7. The Labute approximate surface area is 248 Å². The van der Waals surface area contributed by atoms with Gasteiger partial charge in [0.15, 0.2) is 0 Å². The molecule has 0 aliphatic carbocycles. The summed E-state index contributed by atoms with van der Waals surface area (Å²) in [7, 11) is 4.01. The number of aromatic nitrogens is 5. The molecule has 4 heterocycles. The summed E-state index contributed by atoms with van der Waals surface area (Å²) in [5.41, 5.74) is 7.90. The fourth-order valence-electron chi connectivity index (χ4n) is 5.03. The molecule has 0 saturated carbocycles. The van der Waals surface area contributed by atoms with Crippen molar-refractivity contribution in [2.24, 2.45) is 5.92 Å². The monoisotopic (exact) mass is 576 g/mol. The Hall–Kier alpha value is -5.09. The van der Waals surface area contributed by atoms with Crippen molar-refractivity contribution >= 4 is 39.2 Å². The van der Waals surface area contributed by atoms with Crippen LogP contribution in [0.1, 0.15) is 13.8 Å². The molecule has 6 rings (SSSR count). The minimum atomic E-state index is -0.307. The number of halogens is 1. The minimum absolute atomic E-state index is 0.0617. The topological polar surface area (TPSA) is 115 Å². The van der Waals surface area contributed by atoms with E-state index in [9.17, 15) is 9.18 Å². The summed E-state index contributed by atoms with van der Waals surface area (Å²) in [6.07, 6.45) is 5.14. The molecular weight excluding hydrogens is 543 g/mol. The lowest BCUT2D eigenvalue weighted by Crippen LogP contribution is -2.20. The van der Waals surface area contributed by atoms with E-state index in [-0.39, 0.29) is 17.6 Å². The second-order valence-corrected chi connectivity index (χ2v) is 11.2. The Kier molecular flexibility index (Phi) is 7.60. The van der Waals surface area contributed by atoms with Crippen LogP contribution in [0.5, 0.6) is 0 Å². The predicted molar refractivity (Wildman–Crippen MR) is 170 cm³/mol. The molecule has 0 aliphatic rings. The van der Waals surface area contributed by atoms with Crippen molar-refractivity contribution in [3.05, 3.63) is 79.0 Å². The number of carbonyl (C=O) groups excluding carboxylic acids is 1. The van der Waals surface area contributed by atoms with Crippen LogP contribution in [0.4, 0.5) is 15.8 Å². The molecule has 43 heavy (non-hydrogen) atoms. The highest BCUT2D eigenvalue weighted by Crippen LogP contribution is 2.35. The van der Waals surface area contributed by atoms with Crippen molar-refractivity contribution in [1.82, 2.24) is 30.0 Å². The smallest absolute Gasteiger partial charge is 0.226 e. The largest absolute Gasteiger partial charge is 0.384 e. The van der Waals surface area contributed by atoms with Crippen molar-refractivity contribution in [3.8, 4) is 33.6 Å². The average molecular weight is 577 g/mol. The molecule has 9 nitrogen and oxygen atoms in total. The molecule has 0 fully saturated rings. The second-order valence-electron chi connectivity index (χ2n) is 11.2. The highest BCUT2D eigenvalue weighted by Gasteiger charge is 2.16. The number of benzene rings is 2. The van der Waals surface area contributed by atoms with Gasteiger partial charge >= 0.3 is 0 Å². The number of carbonyl (C=O) groups is 1. The summed E-state index contributed by atoms with van der Waals surface area (Å²) in [6.45, 7) is 5.24. The van der Waals surface area contributed by atoms with Crippen LogP contribution in [-0.2, 0) is 4.79 Å². The normalized spacial score (nSPS) is 11.6. The number of pyridine rings is 2. The van der Waals surface area contributed by atoms with Crippen molar-refractivity contribution < 1.29 is 9.18 Å². The van der Waals surface area contributed by atoms with Crippen LogP contribution in [0.2, 0.25) is 0 Å². The van der Waals surface area contributed by atoms with Gasteiger partial charge in [-0.2, -0.15) is 5.10 Å². The number of amides is 1.